The van der Waals surface area contributed by atoms with E-state index >= 15 is 0 Å². The molecule has 1 unspecified atom stereocenters. The summed E-state index contributed by atoms with van der Waals surface area (Å²) in [5.41, 5.74) is 0. The Morgan fingerprint density at radius 2 is 0.805 bits per heavy atom. The molecule has 0 aromatic rings. The molecule has 240 valence electrons. The van der Waals surface area contributed by atoms with Crippen LogP contribution >= 0.6 is 0 Å². The molecule has 0 saturated carbocycles. The van der Waals surface area contributed by atoms with E-state index in [9.17, 15) is 18.0 Å². The predicted octanol–water partition coefficient (Wildman–Crippen LogP) is 6.79. The zero-order valence-corrected chi connectivity index (χ0v) is 29.6. The molecule has 7 nitrogen and oxygen atoms in total. The minimum Gasteiger partial charge on any atom is -0.481 e. The van der Waals surface area contributed by atoms with Crippen LogP contribution in [0, 0.1) is 6.92 Å². The van der Waals surface area contributed by atoms with Gasteiger partial charge in [-0.05, 0) is 0 Å². The van der Waals surface area contributed by atoms with Crippen LogP contribution in [-0.4, -0.2) is 40.4 Å². The van der Waals surface area contributed by atoms with Crippen molar-refractivity contribution in [3.05, 3.63) is 6.92 Å². The van der Waals surface area contributed by atoms with Crippen molar-refractivity contribution in [2.75, 3.05) is 0 Å². The van der Waals surface area contributed by atoms with Crippen molar-refractivity contribution in [3.8, 4) is 0 Å². The Kier molecular flexibility index (Phi) is 37.9. The van der Waals surface area contributed by atoms with Gasteiger partial charge in [0.15, 0.2) is 5.25 Å². The molecule has 0 aliphatic carbocycles. The molecule has 0 radical (unpaired) electrons. The molecule has 1 atom stereocenters. The summed E-state index contributed by atoms with van der Waals surface area (Å²) in [5.74, 6) is -3.50. The van der Waals surface area contributed by atoms with E-state index in [1.54, 1.807) is 0 Å². The molecule has 9 heteroatoms. The summed E-state index contributed by atoms with van der Waals surface area (Å²) in [7, 11) is -4.84. The van der Waals surface area contributed by atoms with Crippen molar-refractivity contribution < 1.29 is 62.3 Å². The Hall–Kier alpha value is -0.150. The number of carboxylic acids is 2. The third kappa shape index (κ3) is 37.8. The van der Waals surface area contributed by atoms with Crippen LogP contribution in [0.5, 0.6) is 0 Å². The van der Waals surface area contributed by atoms with E-state index in [1.807, 2.05) is 0 Å². The van der Waals surface area contributed by atoms with Crippen molar-refractivity contribution in [2.24, 2.45) is 0 Å². The van der Waals surface area contributed by atoms with Crippen molar-refractivity contribution in [3.63, 3.8) is 0 Å². The quantitative estimate of drug-likeness (QED) is 0.0366. The van der Waals surface area contributed by atoms with Gasteiger partial charge in [0.05, 0.1) is 6.42 Å². The third-order valence-electron chi connectivity index (χ3n) is 7.35. The summed E-state index contributed by atoms with van der Waals surface area (Å²) < 4.78 is 28.7. The Labute approximate surface area is 275 Å². The van der Waals surface area contributed by atoms with E-state index in [-0.39, 0.29) is 29.6 Å². The average molecular weight is 615 g/mol. The number of hydrogen-bond acceptors (Lipinski definition) is 4. The Morgan fingerprint density at radius 3 is 0.951 bits per heavy atom. The molecular formula is C32H63NaO7S. The molecule has 0 heterocycles. The van der Waals surface area contributed by atoms with Gasteiger partial charge in [-0.25, -0.2) is 0 Å². The summed E-state index contributed by atoms with van der Waals surface area (Å²) >= 11 is 0. The average Bonchev–Trinajstić information content (AvgIpc) is 2.89. The Morgan fingerprint density at radius 1 is 0.561 bits per heavy atom. The van der Waals surface area contributed by atoms with Gasteiger partial charge in [0, 0.05) is 0 Å². The first-order valence-electron chi connectivity index (χ1n) is 16.4. The van der Waals surface area contributed by atoms with Crippen molar-refractivity contribution in [1.82, 2.24) is 0 Å². The Bertz CT molecular complexity index is 645. The third-order valence-corrected chi connectivity index (χ3v) is 8.44. The van der Waals surface area contributed by atoms with E-state index in [0.717, 1.165) is 6.42 Å². The van der Waals surface area contributed by atoms with E-state index in [1.165, 1.54) is 161 Å². The van der Waals surface area contributed by atoms with Crippen LogP contribution in [0.3, 0.4) is 0 Å². The maximum absolute atomic E-state index is 10.2. The monoisotopic (exact) mass is 614 g/mol. The Balaban J connectivity index is -0.000000933. The van der Waals surface area contributed by atoms with Crippen LogP contribution < -0.4 is 29.6 Å². The van der Waals surface area contributed by atoms with Crippen molar-refractivity contribution in [2.45, 2.75) is 186 Å². The SMILES string of the molecule is O=C(O)CC(C(=O)O)S(=O)(=O)O.[CH2-]CCCCCCCCCCCCCCCCCCCCCCCCCCC.[Na+]. The van der Waals surface area contributed by atoms with Gasteiger partial charge in [0.25, 0.3) is 10.1 Å². The van der Waals surface area contributed by atoms with Gasteiger partial charge >= 0.3 is 41.5 Å². The molecule has 0 aromatic heterocycles. The minimum atomic E-state index is -4.84. The fourth-order valence-electron chi connectivity index (χ4n) is 4.79. The first kappa shape index (κ1) is 45.3. The molecule has 3 N–H and O–H groups in total. The first-order valence-corrected chi connectivity index (χ1v) is 17.9. The molecule has 0 aliphatic rings. The molecule has 0 aromatic carbocycles. The number of rotatable bonds is 29. The molecule has 0 spiro atoms. The van der Waals surface area contributed by atoms with E-state index < -0.39 is 33.7 Å². The van der Waals surface area contributed by atoms with Crippen LogP contribution in [0.4, 0.5) is 0 Å². The number of aliphatic carboxylic acids is 2. The van der Waals surface area contributed by atoms with E-state index in [0.29, 0.717) is 0 Å². The van der Waals surface area contributed by atoms with Gasteiger partial charge < -0.3 is 17.1 Å². The molecule has 0 aliphatic heterocycles. The van der Waals surface area contributed by atoms with Crippen LogP contribution in [0.1, 0.15) is 180 Å². The van der Waals surface area contributed by atoms with E-state index in [2.05, 4.69) is 13.8 Å². The van der Waals surface area contributed by atoms with Crippen molar-refractivity contribution >= 4 is 22.1 Å². The van der Waals surface area contributed by atoms with E-state index in [4.69, 9.17) is 14.8 Å². The van der Waals surface area contributed by atoms with Crippen LogP contribution in [0.2, 0.25) is 0 Å². The maximum atomic E-state index is 10.2. The van der Waals surface area contributed by atoms with Crippen LogP contribution in [-0.2, 0) is 19.7 Å². The predicted molar refractivity (Wildman–Crippen MR) is 166 cm³/mol. The van der Waals surface area contributed by atoms with Crippen molar-refractivity contribution in [1.29, 1.82) is 0 Å². The normalized spacial score (nSPS) is 11.8. The van der Waals surface area contributed by atoms with Crippen LogP contribution in [0.25, 0.3) is 0 Å². The molecule has 41 heavy (non-hydrogen) atoms. The number of carboxylic acid groups (broad SMARTS) is 2. The second kappa shape index (κ2) is 34.3. The second-order valence-electron chi connectivity index (χ2n) is 11.3. The van der Waals surface area contributed by atoms with Gasteiger partial charge in [-0.15, -0.1) is 0 Å². The van der Waals surface area contributed by atoms with Gasteiger partial charge in [-0.1, -0.05) is 167 Å². The minimum absolute atomic E-state index is 0. The van der Waals surface area contributed by atoms with Gasteiger partial charge in [0.1, 0.15) is 0 Å². The fourth-order valence-corrected chi connectivity index (χ4v) is 5.40. The fraction of sp³-hybridized carbons (Fsp3) is 0.906. The molecule has 0 rings (SSSR count). The number of hydrogen-bond donors (Lipinski definition) is 3. The summed E-state index contributed by atoms with van der Waals surface area (Å²) in [5, 5.41) is 13.9. The zero-order chi connectivity index (χ0) is 30.3. The van der Waals surface area contributed by atoms with Crippen LogP contribution in [0.15, 0.2) is 0 Å². The van der Waals surface area contributed by atoms with Gasteiger partial charge in [-0.2, -0.15) is 14.8 Å². The molecule has 0 bridgehead atoms. The number of carbonyl (C=O) groups is 2. The molecular weight excluding hydrogens is 551 g/mol. The summed E-state index contributed by atoms with van der Waals surface area (Å²) in [6, 6.07) is 0. The first-order chi connectivity index (χ1) is 19.2. The van der Waals surface area contributed by atoms with Gasteiger partial charge in [-0.3, -0.25) is 14.1 Å². The largest absolute Gasteiger partial charge is 1.00 e. The molecule has 0 amide bonds. The van der Waals surface area contributed by atoms with Gasteiger partial charge in [0.2, 0.25) is 0 Å². The topological polar surface area (TPSA) is 129 Å². The number of unbranched alkanes of at least 4 members (excludes halogenated alkanes) is 25. The smallest absolute Gasteiger partial charge is 0.481 e. The standard InChI is InChI=1S/C28H57.C4H6O7S.Na/c1-3-5-7-9-11-13-15-17-19-21-23-25-27-28-26-24-22-20-18-16-14-12-10-8-6-4-2;5-3(6)1-2(4(7)8)12(9,10)11;/h1,3-28H2,2H3;2H,1H2,(H,5,6)(H,7,8)(H,9,10,11);/q-1;;+1. The summed E-state index contributed by atoms with van der Waals surface area (Å²) in [4.78, 5) is 20.0. The molecule has 0 fully saturated rings. The second-order valence-corrected chi connectivity index (χ2v) is 12.9. The zero-order valence-electron chi connectivity index (χ0n) is 26.8. The molecule has 0 saturated heterocycles. The summed E-state index contributed by atoms with van der Waals surface area (Å²) in [6.07, 6.45) is 36.6. The summed E-state index contributed by atoms with van der Waals surface area (Å²) in [6.45, 7) is 6.22. The maximum Gasteiger partial charge on any atom is 1.00 e.